The standard InChI is InChI=1S/C29H37NO4/c1-8-14-30-25(20-10-9-11-22(15-20)34-17-18(2)3)24(27(32)28(30)33)26(31)23-16-21(29(5,6)7)13-12-19(23)4/h9-13,15-16,18,25,31H,8,14,17H2,1-7H3/b26-24+. The summed E-state index contributed by atoms with van der Waals surface area (Å²) in [7, 11) is 0. The van der Waals surface area contributed by atoms with Crippen LogP contribution in [-0.2, 0) is 15.0 Å². The Morgan fingerprint density at radius 3 is 2.44 bits per heavy atom. The van der Waals surface area contributed by atoms with E-state index in [2.05, 4.69) is 34.6 Å². The van der Waals surface area contributed by atoms with Crippen molar-refractivity contribution in [2.75, 3.05) is 13.2 Å². The third-order valence-corrected chi connectivity index (χ3v) is 6.12. The minimum atomic E-state index is -0.666. The summed E-state index contributed by atoms with van der Waals surface area (Å²) in [5.41, 5.74) is 3.23. The molecule has 1 amide bonds. The van der Waals surface area contributed by atoms with Crippen molar-refractivity contribution in [2.45, 2.75) is 66.3 Å². The first-order chi connectivity index (χ1) is 16.0. The largest absolute Gasteiger partial charge is 0.507 e. The molecule has 1 saturated heterocycles. The monoisotopic (exact) mass is 463 g/mol. The summed E-state index contributed by atoms with van der Waals surface area (Å²) in [6, 6.07) is 12.7. The molecule has 1 fully saturated rings. The molecule has 0 bridgehead atoms. The number of aryl methyl sites for hydroxylation is 1. The number of benzene rings is 2. The predicted molar refractivity (Wildman–Crippen MR) is 136 cm³/mol. The van der Waals surface area contributed by atoms with Crippen molar-refractivity contribution >= 4 is 17.4 Å². The second kappa shape index (κ2) is 10.0. The molecule has 0 spiro atoms. The molecule has 5 nitrogen and oxygen atoms in total. The zero-order valence-corrected chi connectivity index (χ0v) is 21.4. The normalized spacial score (nSPS) is 18.1. The fraction of sp³-hybridized carbons (Fsp3) is 0.448. The summed E-state index contributed by atoms with van der Waals surface area (Å²) in [4.78, 5) is 27.8. The van der Waals surface area contributed by atoms with Gasteiger partial charge in [0.25, 0.3) is 11.7 Å². The fourth-order valence-electron chi connectivity index (χ4n) is 4.22. The smallest absolute Gasteiger partial charge is 0.295 e. The van der Waals surface area contributed by atoms with Crippen molar-refractivity contribution < 1.29 is 19.4 Å². The van der Waals surface area contributed by atoms with Crippen molar-refractivity contribution in [3.63, 3.8) is 0 Å². The van der Waals surface area contributed by atoms with Gasteiger partial charge in [0, 0.05) is 12.1 Å². The molecule has 34 heavy (non-hydrogen) atoms. The van der Waals surface area contributed by atoms with Crippen LogP contribution in [0.2, 0.25) is 0 Å². The first-order valence-corrected chi connectivity index (χ1v) is 12.1. The lowest BCUT2D eigenvalue weighted by molar-refractivity contribution is -0.139. The van der Waals surface area contributed by atoms with E-state index in [1.807, 2.05) is 56.3 Å². The van der Waals surface area contributed by atoms with Crippen LogP contribution in [0.4, 0.5) is 0 Å². The molecule has 2 aromatic rings. The second-order valence-corrected chi connectivity index (χ2v) is 10.5. The number of hydrogen-bond acceptors (Lipinski definition) is 4. The molecule has 3 rings (SSSR count). The molecule has 1 unspecified atom stereocenters. The van der Waals surface area contributed by atoms with Gasteiger partial charge in [-0.25, -0.2) is 0 Å². The second-order valence-electron chi connectivity index (χ2n) is 10.5. The van der Waals surface area contributed by atoms with Crippen LogP contribution in [0.3, 0.4) is 0 Å². The zero-order valence-electron chi connectivity index (χ0n) is 21.4. The lowest BCUT2D eigenvalue weighted by Crippen LogP contribution is -2.30. The number of amides is 1. The Bertz CT molecular complexity index is 1110. The maximum absolute atomic E-state index is 13.2. The SMILES string of the molecule is CCCN1C(=O)C(=O)/C(=C(/O)c2cc(C(C)(C)C)ccc2C)C1c1cccc(OCC(C)C)c1. The number of hydrogen-bond donors (Lipinski definition) is 1. The van der Waals surface area contributed by atoms with Gasteiger partial charge in [0.1, 0.15) is 11.5 Å². The van der Waals surface area contributed by atoms with Gasteiger partial charge in [0.05, 0.1) is 18.2 Å². The summed E-state index contributed by atoms with van der Waals surface area (Å²) in [6.45, 7) is 15.3. The van der Waals surface area contributed by atoms with Gasteiger partial charge in [-0.05, 0) is 59.6 Å². The van der Waals surface area contributed by atoms with Crippen LogP contribution in [0, 0.1) is 12.8 Å². The molecule has 0 aliphatic carbocycles. The van der Waals surface area contributed by atoms with E-state index in [-0.39, 0.29) is 16.7 Å². The third kappa shape index (κ3) is 5.19. The first kappa shape index (κ1) is 25.5. The fourth-order valence-corrected chi connectivity index (χ4v) is 4.22. The van der Waals surface area contributed by atoms with E-state index in [4.69, 9.17) is 4.74 Å². The average Bonchev–Trinajstić information content (AvgIpc) is 3.02. The number of nitrogens with zero attached hydrogens (tertiary/aromatic N) is 1. The van der Waals surface area contributed by atoms with Crippen molar-refractivity contribution in [3.8, 4) is 5.75 Å². The molecule has 1 N–H and O–H groups in total. The van der Waals surface area contributed by atoms with E-state index in [1.165, 1.54) is 0 Å². The third-order valence-electron chi connectivity index (χ3n) is 6.12. The Morgan fingerprint density at radius 1 is 1.12 bits per heavy atom. The number of rotatable bonds is 7. The highest BCUT2D eigenvalue weighted by Gasteiger charge is 2.46. The quantitative estimate of drug-likeness (QED) is 0.303. The summed E-state index contributed by atoms with van der Waals surface area (Å²) in [6.07, 6.45) is 0.700. The molecule has 182 valence electrons. The highest BCUT2D eigenvalue weighted by molar-refractivity contribution is 6.46. The summed E-state index contributed by atoms with van der Waals surface area (Å²) >= 11 is 0. The van der Waals surface area contributed by atoms with E-state index in [0.717, 1.165) is 16.7 Å². The number of carbonyl (C=O) groups is 2. The molecule has 1 aliphatic rings. The van der Waals surface area contributed by atoms with Crippen LogP contribution in [0.5, 0.6) is 5.75 Å². The van der Waals surface area contributed by atoms with Crippen LogP contribution >= 0.6 is 0 Å². The van der Waals surface area contributed by atoms with Crippen LogP contribution in [0.25, 0.3) is 5.76 Å². The number of ether oxygens (including phenoxy) is 1. The van der Waals surface area contributed by atoms with Gasteiger partial charge in [-0.15, -0.1) is 0 Å². The molecule has 5 heteroatoms. The number of likely N-dealkylation sites (tertiary alicyclic amines) is 1. The van der Waals surface area contributed by atoms with Crippen molar-refractivity contribution in [3.05, 3.63) is 70.3 Å². The van der Waals surface area contributed by atoms with E-state index >= 15 is 0 Å². The highest BCUT2D eigenvalue weighted by atomic mass is 16.5. The molecule has 0 aromatic heterocycles. The van der Waals surface area contributed by atoms with Crippen LogP contribution < -0.4 is 4.74 Å². The lowest BCUT2D eigenvalue weighted by atomic mass is 9.84. The maximum atomic E-state index is 13.2. The Morgan fingerprint density at radius 2 is 1.82 bits per heavy atom. The van der Waals surface area contributed by atoms with Crippen LogP contribution in [0.15, 0.2) is 48.0 Å². The van der Waals surface area contributed by atoms with Crippen molar-refractivity contribution in [1.29, 1.82) is 0 Å². The molecule has 0 saturated carbocycles. The van der Waals surface area contributed by atoms with Gasteiger partial charge in [0.2, 0.25) is 0 Å². The Hall–Kier alpha value is -3.08. The first-order valence-electron chi connectivity index (χ1n) is 12.1. The van der Waals surface area contributed by atoms with Crippen molar-refractivity contribution in [1.82, 2.24) is 4.90 Å². The number of carbonyl (C=O) groups excluding carboxylic acids is 2. The van der Waals surface area contributed by atoms with Gasteiger partial charge in [0.15, 0.2) is 0 Å². The molecule has 1 atom stereocenters. The Kier molecular flexibility index (Phi) is 7.54. The molecule has 1 aliphatic heterocycles. The molecule has 1 heterocycles. The topological polar surface area (TPSA) is 66.8 Å². The highest BCUT2D eigenvalue weighted by Crippen LogP contribution is 2.41. The zero-order chi connectivity index (χ0) is 25.2. The summed E-state index contributed by atoms with van der Waals surface area (Å²) in [5, 5.41) is 11.5. The van der Waals surface area contributed by atoms with Gasteiger partial charge in [-0.2, -0.15) is 0 Å². The average molecular weight is 464 g/mol. The molecule has 0 radical (unpaired) electrons. The number of Topliss-reactive ketones (excluding diaryl/α,β-unsaturated/α-hetero) is 1. The minimum absolute atomic E-state index is 0.126. The molecular formula is C29H37NO4. The maximum Gasteiger partial charge on any atom is 0.295 e. The van der Waals surface area contributed by atoms with E-state index < -0.39 is 17.7 Å². The Balaban J connectivity index is 2.19. The number of aliphatic hydroxyl groups excluding tert-OH is 1. The van der Waals surface area contributed by atoms with Gasteiger partial charge in [-0.1, -0.05) is 65.8 Å². The van der Waals surface area contributed by atoms with E-state index in [1.54, 1.807) is 4.90 Å². The van der Waals surface area contributed by atoms with Gasteiger partial charge >= 0.3 is 0 Å². The predicted octanol–water partition coefficient (Wildman–Crippen LogP) is 6.16. The van der Waals surface area contributed by atoms with E-state index in [0.29, 0.717) is 36.8 Å². The number of ketones is 1. The van der Waals surface area contributed by atoms with Gasteiger partial charge < -0.3 is 14.7 Å². The summed E-state index contributed by atoms with van der Waals surface area (Å²) < 4.78 is 5.90. The lowest BCUT2D eigenvalue weighted by Gasteiger charge is -2.26. The summed E-state index contributed by atoms with van der Waals surface area (Å²) in [5.74, 6) is -0.303. The van der Waals surface area contributed by atoms with E-state index in [9.17, 15) is 14.7 Å². The molecular weight excluding hydrogens is 426 g/mol. The van der Waals surface area contributed by atoms with Gasteiger partial charge in [-0.3, -0.25) is 9.59 Å². The number of aliphatic hydroxyl groups is 1. The van der Waals surface area contributed by atoms with Crippen molar-refractivity contribution in [2.24, 2.45) is 5.92 Å². The molecule has 2 aromatic carbocycles. The van der Waals surface area contributed by atoms with Crippen LogP contribution in [-0.4, -0.2) is 34.8 Å². The van der Waals surface area contributed by atoms with Crippen LogP contribution in [0.1, 0.15) is 76.3 Å². The minimum Gasteiger partial charge on any atom is -0.507 e. The Labute approximate surface area is 203 Å².